The summed E-state index contributed by atoms with van der Waals surface area (Å²) in [6.07, 6.45) is 0.488. The number of carbonyl (C=O) groups is 1. The predicted octanol–water partition coefficient (Wildman–Crippen LogP) is 0.934. The van der Waals surface area contributed by atoms with Gasteiger partial charge in [-0.3, -0.25) is 4.79 Å². The zero-order valence-corrected chi connectivity index (χ0v) is 12.8. The maximum Gasteiger partial charge on any atom is 0.230 e. The summed E-state index contributed by atoms with van der Waals surface area (Å²) in [5.74, 6) is 0.801. The van der Waals surface area contributed by atoms with E-state index in [1.165, 1.54) is 11.8 Å². The molecule has 0 atom stereocenters. The maximum atomic E-state index is 11.8. The summed E-state index contributed by atoms with van der Waals surface area (Å²) in [6, 6.07) is 0. The molecule has 0 aliphatic carbocycles. The molecule has 0 fully saturated rings. The SMILES string of the molecule is CCC(CO)(CO)NC(=O)CSCc1csc(C)n1. The van der Waals surface area contributed by atoms with Gasteiger partial charge in [0.2, 0.25) is 5.91 Å². The average molecular weight is 304 g/mol. The fourth-order valence-corrected chi connectivity index (χ4v) is 2.93. The molecule has 3 N–H and O–H groups in total. The van der Waals surface area contributed by atoms with E-state index < -0.39 is 5.54 Å². The molecule has 1 rings (SSSR count). The lowest BCUT2D eigenvalue weighted by atomic mass is 9.99. The first kappa shape index (κ1) is 16.4. The minimum absolute atomic E-state index is 0.179. The van der Waals surface area contributed by atoms with Crippen molar-refractivity contribution in [3.63, 3.8) is 0 Å². The van der Waals surface area contributed by atoms with Crippen LogP contribution >= 0.6 is 23.1 Å². The van der Waals surface area contributed by atoms with E-state index in [1.54, 1.807) is 11.3 Å². The largest absolute Gasteiger partial charge is 0.394 e. The van der Waals surface area contributed by atoms with Crippen molar-refractivity contribution < 1.29 is 15.0 Å². The van der Waals surface area contributed by atoms with Gasteiger partial charge in [-0.05, 0) is 13.3 Å². The molecular formula is C12H20N2O3S2. The molecule has 1 aromatic rings. The van der Waals surface area contributed by atoms with Crippen molar-refractivity contribution in [1.82, 2.24) is 10.3 Å². The van der Waals surface area contributed by atoms with Crippen LogP contribution in [-0.2, 0) is 10.5 Å². The molecule has 0 aromatic carbocycles. The molecule has 1 amide bonds. The highest BCUT2D eigenvalue weighted by molar-refractivity contribution is 7.99. The van der Waals surface area contributed by atoms with Crippen LogP contribution in [0.3, 0.4) is 0 Å². The summed E-state index contributed by atoms with van der Waals surface area (Å²) in [7, 11) is 0. The molecule has 1 aromatic heterocycles. The number of hydrogen-bond donors (Lipinski definition) is 3. The van der Waals surface area contributed by atoms with Gasteiger partial charge in [0.1, 0.15) is 0 Å². The topological polar surface area (TPSA) is 82.5 Å². The fraction of sp³-hybridized carbons (Fsp3) is 0.667. The lowest BCUT2D eigenvalue weighted by Gasteiger charge is -2.29. The van der Waals surface area contributed by atoms with Gasteiger partial charge >= 0.3 is 0 Å². The lowest BCUT2D eigenvalue weighted by molar-refractivity contribution is -0.121. The monoisotopic (exact) mass is 304 g/mol. The lowest BCUT2D eigenvalue weighted by Crippen LogP contribution is -2.54. The molecule has 0 saturated heterocycles. The zero-order chi connectivity index (χ0) is 14.3. The minimum Gasteiger partial charge on any atom is -0.394 e. The Labute approximate surface area is 121 Å². The van der Waals surface area contributed by atoms with E-state index >= 15 is 0 Å². The molecule has 0 radical (unpaired) electrons. The first-order valence-electron chi connectivity index (χ1n) is 6.06. The Morgan fingerprint density at radius 2 is 2.21 bits per heavy atom. The van der Waals surface area contributed by atoms with Crippen LogP contribution in [-0.4, -0.2) is 45.6 Å². The molecule has 0 saturated carbocycles. The second-order valence-electron chi connectivity index (χ2n) is 4.35. The van der Waals surface area contributed by atoms with Crippen molar-refractivity contribution in [1.29, 1.82) is 0 Å². The standard InChI is InChI=1S/C12H20N2O3S2/c1-3-12(7-15,8-16)14-11(17)6-18-4-10-5-19-9(2)13-10/h5,15-16H,3-4,6-8H2,1-2H3,(H,14,17). The molecule has 19 heavy (non-hydrogen) atoms. The van der Waals surface area contributed by atoms with Crippen molar-refractivity contribution in [3.05, 3.63) is 16.1 Å². The Hall–Kier alpha value is -0.630. The van der Waals surface area contributed by atoms with Crippen LogP contribution < -0.4 is 5.32 Å². The van der Waals surface area contributed by atoms with Gasteiger partial charge in [0, 0.05) is 11.1 Å². The number of thiazole rings is 1. The van der Waals surface area contributed by atoms with Gasteiger partial charge in [-0.15, -0.1) is 23.1 Å². The van der Waals surface area contributed by atoms with E-state index in [9.17, 15) is 15.0 Å². The molecule has 1 heterocycles. The van der Waals surface area contributed by atoms with Gasteiger partial charge in [0.05, 0.1) is 35.2 Å². The average Bonchev–Trinajstić information content (AvgIpc) is 2.82. The number of carbonyl (C=O) groups excluding carboxylic acids is 1. The van der Waals surface area contributed by atoms with Gasteiger partial charge in [-0.25, -0.2) is 4.98 Å². The van der Waals surface area contributed by atoms with Crippen LogP contribution in [0.2, 0.25) is 0 Å². The highest BCUT2D eigenvalue weighted by atomic mass is 32.2. The second kappa shape index (κ2) is 7.84. The first-order chi connectivity index (χ1) is 9.05. The van der Waals surface area contributed by atoms with Crippen molar-refractivity contribution in [3.8, 4) is 0 Å². The van der Waals surface area contributed by atoms with E-state index in [1.807, 2.05) is 19.2 Å². The number of aliphatic hydroxyl groups is 2. The van der Waals surface area contributed by atoms with Gasteiger partial charge in [0.25, 0.3) is 0 Å². The van der Waals surface area contributed by atoms with Crippen LogP contribution in [0.1, 0.15) is 24.0 Å². The van der Waals surface area contributed by atoms with Crippen LogP contribution in [0.4, 0.5) is 0 Å². The van der Waals surface area contributed by atoms with E-state index in [0.717, 1.165) is 10.7 Å². The number of nitrogens with zero attached hydrogens (tertiary/aromatic N) is 1. The Kier molecular flexibility index (Phi) is 6.78. The number of amides is 1. The summed E-state index contributed by atoms with van der Waals surface area (Å²) in [5.41, 5.74) is 0.0702. The quantitative estimate of drug-likeness (QED) is 0.666. The van der Waals surface area contributed by atoms with Crippen LogP contribution in [0.25, 0.3) is 0 Å². The van der Waals surface area contributed by atoms with Gasteiger partial charge in [-0.2, -0.15) is 0 Å². The second-order valence-corrected chi connectivity index (χ2v) is 6.40. The smallest absolute Gasteiger partial charge is 0.230 e. The van der Waals surface area contributed by atoms with E-state index in [2.05, 4.69) is 10.3 Å². The molecule has 108 valence electrons. The van der Waals surface area contributed by atoms with E-state index in [-0.39, 0.29) is 19.1 Å². The number of thioether (sulfide) groups is 1. The highest BCUT2D eigenvalue weighted by Gasteiger charge is 2.28. The maximum absolute atomic E-state index is 11.8. The van der Waals surface area contributed by atoms with E-state index in [4.69, 9.17) is 0 Å². The molecule has 0 bridgehead atoms. The third-order valence-corrected chi connectivity index (χ3v) is 4.62. The van der Waals surface area contributed by atoms with Gasteiger partial charge in [0.15, 0.2) is 0 Å². The predicted molar refractivity (Wildman–Crippen MR) is 78.3 cm³/mol. The third kappa shape index (κ3) is 5.10. The number of nitrogens with one attached hydrogen (secondary N) is 1. The number of aliphatic hydroxyl groups excluding tert-OH is 2. The summed E-state index contributed by atoms with van der Waals surface area (Å²) < 4.78 is 0. The Morgan fingerprint density at radius 3 is 2.68 bits per heavy atom. The zero-order valence-electron chi connectivity index (χ0n) is 11.2. The van der Waals surface area contributed by atoms with Gasteiger partial charge < -0.3 is 15.5 Å². The van der Waals surface area contributed by atoms with Crippen molar-refractivity contribution in [2.45, 2.75) is 31.6 Å². The molecule has 0 aliphatic rings. The highest BCUT2D eigenvalue weighted by Crippen LogP contribution is 2.15. The molecule has 0 spiro atoms. The number of rotatable bonds is 8. The molecular weight excluding hydrogens is 284 g/mol. The first-order valence-corrected chi connectivity index (χ1v) is 8.10. The van der Waals surface area contributed by atoms with Crippen LogP contribution in [0.5, 0.6) is 0 Å². The van der Waals surface area contributed by atoms with E-state index in [0.29, 0.717) is 17.9 Å². The summed E-state index contributed by atoms with van der Waals surface area (Å²) in [5, 5.41) is 24.2. The summed E-state index contributed by atoms with van der Waals surface area (Å²) in [6.45, 7) is 3.24. The molecule has 5 nitrogen and oxygen atoms in total. The van der Waals surface area contributed by atoms with Crippen LogP contribution in [0, 0.1) is 6.92 Å². The van der Waals surface area contributed by atoms with Gasteiger partial charge in [-0.1, -0.05) is 6.92 Å². The van der Waals surface area contributed by atoms with Crippen molar-refractivity contribution in [2.75, 3.05) is 19.0 Å². The number of aromatic nitrogens is 1. The molecule has 0 aliphatic heterocycles. The van der Waals surface area contributed by atoms with Crippen molar-refractivity contribution in [2.24, 2.45) is 0 Å². The Bertz CT molecular complexity index is 397. The molecule has 0 unspecified atom stereocenters. The molecule has 7 heteroatoms. The third-order valence-electron chi connectivity index (χ3n) is 2.84. The fourth-order valence-electron chi connectivity index (χ4n) is 1.50. The number of hydrogen-bond acceptors (Lipinski definition) is 6. The Morgan fingerprint density at radius 1 is 1.53 bits per heavy atom. The summed E-state index contributed by atoms with van der Waals surface area (Å²) >= 11 is 3.06. The normalized spacial score (nSPS) is 11.6. The number of aryl methyl sites for hydroxylation is 1. The summed E-state index contributed by atoms with van der Waals surface area (Å²) in [4.78, 5) is 16.1. The van der Waals surface area contributed by atoms with Crippen LogP contribution in [0.15, 0.2) is 5.38 Å². The van der Waals surface area contributed by atoms with Crippen molar-refractivity contribution >= 4 is 29.0 Å². The Balaban J connectivity index is 2.35. The minimum atomic E-state index is -0.908.